The Morgan fingerprint density at radius 2 is 2.38 bits per heavy atom. The summed E-state index contributed by atoms with van der Waals surface area (Å²) in [6.45, 7) is 3.20. The second kappa shape index (κ2) is 4.58. The Kier molecular flexibility index (Phi) is 3.70. The molecule has 1 aliphatic rings. The quantitative estimate of drug-likeness (QED) is 0.749. The summed E-state index contributed by atoms with van der Waals surface area (Å²) < 4.78 is 0. The van der Waals surface area contributed by atoms with Gasteiger partial charge in [-0.15, -0.1) is 12.4 Å². The zero-order valence-corrected chi connectivity index (χ0v) is 8.60. The van der Waals surface area contributed by atoms with Crippen LogP contribution >= 0.6 is 12.4 Å². The van der Waals surface area contributed by atoms with Crippen molar-refractivity contribution in [1.82, 2.24) is 10.3 Å². The molecule has 0 aromatic carbocycles. The Morgan fingerprint density at radius 3 is 3.00 bits per heavy atom. The van der Waals surface area contributed by atoms with Gasteiger partial charge in [0.25, 0.3) is 0 Å². The van der Waals surface area contributed by atoms with Gasteiger partial charge in [-0.05, 0) is 44.0 Å². The van der Waals surface area contributed by atoms with Crippen LogP contribution in [0.1, 0.15) is 30.1 Å². The van der Waals surface area contributed by atoms with Crippen molar-refractivity contribution < 1.29 is 0 Å². The number of hydrogen-bond donors (Lipinski definition) is 1. The summed E-state index contributed by atoms with van der Waals surface area (Å²) in [7, 11) is 0. The van der Waals surface area contributed by atoms with Crippen molar-refractivity contribution in [2.75, 3.05) is 6.54 Å². The van der Waals surface area contributed by atoms with Gasteiger partial charge in [-0.2, -0.15) is 0 Å². The Hall–Kier alpha value is -0.600. The van der Waals surface area contributed by atoms with Crippen LogP contribution in [0.2, 0.25) is 0 Å². The van der Waals surface area contributed by atoms with E-state index in [1.54, 1.807) is 0 Å². The molecular formula is C10H15ClN2. The highest BCUT2D eigenvalue weighted by Gasteiger charge is 2.15. The van der Waals surface area contributed by atoms with Gasteiger partial charge in [0.05, 0.1) is 0 Å². The van der Waals surface area contributed by atoms with Gasteiger partial charge in [-0.25, -0.2) is 0 Å². The van der Waals surface area contributed by atoms with Crippen LogP contribution in [-0.4, -0.2) is 11.5 Å². The van der Waals surface area contributed by atoms with Crippen LogP contribution in [0.5, 0.6) is 0 Å². The molecule has 0 aliphatic carbocycles. The second-order valence-electron chi connectivity index (χ2n) is 3.38. The van der Waals surface area contributed by atoms with Crippen LogP contribution in [0.15, 0.2) is 18.3 Å². The van der Waals surface area contributed by atoms with E-state index in [9.17, 15) is 0 Å². The lowest BCUT2D eigenvalue weighted by atomic mass is 10.1. The molecule has 1 unspecified atom stereocenters. The van der Waals surface area contributed by atoms with E-state index in [2.05, 4.69) is 22.4 Å². The predicted molar refractivity (Wildman–Crippen MR) is 56.2 cm³/mol. The summed E-state index contributed by atoms with van der Waals surface area (Å²) in [4.78, 5) is 4.18. The average molecular weight is 199 g/mol. The van der Waals surface area contributed by atoms with Crippen molar-refractivity contribution in [3.8, 4) is 0 Å². The topological polar surface area (TPSA) is 24.9 Å². The molecule has 2 nitrogen and oxygen atoms in total. The molecule has 0 saturated carbocycles. The van der Waals surface area contributed by atoms with Crippen molar-refractivity contribution in [1.29, 1.82) is 0 Å². The fourth-order valence-electron chi connectivity index (χ4n) is 1.75. The summed E-state index contributed by atoms with van der Waals surface area (Å²) in [6, 6.07) is 4.85. The van der Waals surface area contributed by atoms with E-state index in [1.807, 2.05) is 13.1 Å². The third kappa shape index (κ3) is 2.42. The van der Waals surface area contributed by atoms with Gasteiger partial charge in [0.2, 0.25) is 0 Å². The molecule has 1 aromatic heterocycles. The first-order valence-electron chi connectivity index (χ1n) is 4.52. The smallest absolute Gasteiger partial charge is 0.0375 e. The molecule has 1 fully saturated rings. The lowest BCUT2D eigenvalue weighted by molar-refractivity contribution is 0.646. The average Bonchev–Trinajstić information content (AvgIpc) is 2.56. The van der Waals surface area contributed by atoms with Gasteiger partial charge in [0.15, 0.2) is 0 Å². The molecule has 1 atom stereocenters. The largest absolute Gasteiger partial charge is 0.310 e. The van der Waals surface area contributed by atoms with E-state index in [1.165, 1.54) is 18.4 Å². The van der Waals surface area contributed by atoms with E-state index in [-0.39, 0.29) is 12.4 Å². The van der Waals surface area contributed by atoms with Gasteiger partial charge < -0.3 is 5.32 Å². The maximum atomic E-state index is 4.18. The van der Waals surface area contributed by atoms with Crippen molar-refractivity contribution in [2.24, 2.45) is 0 Å². The molecule has 0 spiro atoms. The molecular weight excluding hydrogens is 184 g/mol. The number of nitrogens with one attached hydrogen (secondary N) is 1. The van der Waals surface area contributed by atoms with E-state index >= 15 is 0 Å². The van der Waals surface area contributed by atoms with E-state index in [4.69, 9.17) is 0 Å². The predicted octanol–water partition coefficient (Wildman–Crippen LogP) is 2.24. The first kappa shape index (κ1) is 10.5. The normalized spacial score (nSPS) is 21.2. The minimum Gasteiger partial charge on any atom is -0.310 e. The fourth-order valence-corrected chi connectivity index (χ4v) is 1.75. The SMILES string of the molecule is Cc1cc(C2CCCN2)ccn1.Cl. The molecule has 0 bridgehead atoms. The molecule has 0 amide bonds. The van der Waals surface area contributed by atoms with Crippen molar-refractivity contribution >= 4 is 12.4 Å². The Morgan fingerprint density at radius 1 is 1.54 bits per heavy atom. The number of pyridine rings is 1. The summed E-state index contributed by atoms with van der Waals surface area (Å²) in [6.07, 6.45) is 4.46. The first-order chi connectivity index (χ1) is 5.86. The highest BCUT2D eigenvalue weighted by atomic mass is 35.5. The summed E-state index contributed by atoms with van der Waals surface area (Å²) in [5, 5.41) is 3.47. The highest BCUT2D eigenvalue weighted by molar-refractivity contribution is 5.85. The van der Waals surface area contributed by atoms with Crippen LogP contribution in [0.4, 0.5) is 0 Å². The zero-order chi connectivity index (χ0) is 8.39. The lowest BCUT2D eigenvalue weighted by Crippen LogP contribution is -2.12. The van der Waals surface area contributed by atoms with Crippen molar-refractivity contribution in [3.63, 3.8) is 0 Å². The minimum atomic E-state index is 0. The summed E-state index contributed by atoms with van der Waals surface area (Å²) in [5.41, 5.74) is 2.50. The maximum Gasteiger partial charge on any atom is 0.0375 e. The maximum absolute atomic E-state index is 4.18. The van der Waals surface area contributed by atoms with Crippen LogP contribution < -0.4 is 5.32 Å². The number of nitrogens with zero attached hydrogens (tertiary/aromatic N) is 1. The molecule has 0 radical (unpaired) electrons. The molecule has 1 aromatic rings. The van der Waals surface area contributed by atoms with E-state index in [0.29, 0.717) is 6.04 Å². The minimum absolute atomic E-state index is 0. The molecule has 1 saturated heterocycles. The number of halogens is 1. The Balaban J connectivity index is 0.000000845. The second-order valence-corrected chi connectivity index (χ2v) is 3.38. The summed E-state index contributed by atoms with van der Waals surface area (Å²) >= 11 is 0. The van der Waals surface area contributed by atoms with Crippen LogP contribution in [0, 0.1) is 6.92 Å². The van der Waals surface area contributed by atoms with Crippen molar-refractivity contribution in [2.45, 2.75) is 25.8 Å². The van der Waals surface area contributed by atoms with Crippen molar-refractivity contribution in [3.05, 3.63) is 29.6 Å². The Bertz CT molecular complexity index is 269. The van der Waals surface area contributed by atoms with Crippen LogP contribution in [-0.2, 0) is 0 Å². The molecule has 72 valence electrons. The van der Waals surface area contributed by atoms with E-state index < -0.39 is 0 Å². The van der Waals surface area contributed by atoms with Gasteiger partial charge >= 0.3 is 0 Å². The molecule has 2 rings (SSSR count). The number of aromatic nitrogens is 1. The van der Waals surface area contributed by atoms with Gasteiger partial charge in [-0.1, -0.05) is 0 Å². The number of aryl methyl sites for hydroxylation is 1. The molecule has 3 heteroatoms. The van der Waals surface area contributed by atoms with Gasteiger partial charge in [0, 0.05) is 17.9 Å². The van der Waals surface area contributed by atoms with Crippen LogP contribution in [0.3, 0.4) is 0 Å². The third-order valence-electron chi connectivity index (χ3n) is 2.38. The standard InChI is InChI=1S/C10H14N2.ClH/c1-8-7-9(4-6-11-8)10-3-2-5-12-10;/h4,6-7,10,12H,2-3,5H2,1H3;1H. The lowest BCUT2D eigenvalue weighted by Gasteiger charge is -2.09. The van der Waals surface area contributed by atoms with Gasteiger partial charge in [0.1, 0.15) is 0 Å². The molecule has 2 heterocycles. The first-order valence-corrected chi connectivity index (χ1v) is 4.52. The number of hydrogen-bond acceptors (Lipinski definition) is 2. The van der Waals surface area contributed by atoms with Gasteiger partial charge in [-0.3, -0.25) is 4.98 Å². The Labute approximate surface area is 85.2 Å². The zero-order valence-electron chi connectivity index (χ0n) is 7.79. The molecule has 1 N–H and O–H groups in total. The summed E-state index contributed by atoms with van der Waals surface area (Å²) in [5.74, 6) is 0. The molecule has 13 heavy (non-hydrogen) atoms. The monoisotopic (exact) mass is 198 g/mol. The highest BCUT2D eigenvalue weighted by Crippen LogP contribution is 2.22. The fraction of sp³-hybridized carbons (Fsp3) is 0.500. The third-order valence-corrected chi connectivity index (χ3v) is 2.38. The molecule has 1 aliphatic heterocycles. The van der Waals surface area contributed by atoms with Crippen LogP contribution in [0.25, 0.3) is 0 Å². The number of rotatable bonds is 1. The van der Waals surface area contributed by atoms with E-state index in [0.717, 1.165) is 12.2 Å².